The molecule has 114 valence electrons. The van der Waals surface area contributed by atoms with Crippen LogP contribution in [-0.4, -0.2) is 47.7 Å². The SMILES string of the molecule is O=C(O)CC1CN(C(=O)Cc2cc(Cl)ccc2Cl)CCO1. The highest BCUT2D eigenvalue weighted by Gasteiger charge is 2.26. The molecule has 1 N–H and O–H groups in total. The van der Waals surface area contributed by atoms with Gasteiger partial charge in [-0.2, -0.15) is 0 Å². The van der Waals surface area contributed by atoms with E-state index in [-0.39, 0.29) is 25.3 Å². The van der Waals surface area contributed by atoms with E-state index in [2.05, 4.69) is 0 Å². The summed E-state index contributed by atoms with van der Waals surface area (Å²) in [6, 6.07) is 4.98. The van der Waals surface area contributed by atoms with Gasteiger partial charge in [-0.05, 0) is 23.8 Å². The van der Waals surface area contributed by atoms with Crippen molar-refractivity contribution in [3.05, 3.63) is 33.8 Å². The van der Waals surface area contributed by atoms with E-state index in [0.29, 0.717) is 28.8 Å². The van der Waals surface area contributed by atoms with Gasteiger partial charge in [0.05, 0.1) is 25.6 Å². The van der Waals surface area contributed by atoms with Crippen LogP contribution in [0, 0.1) is 0 Å². The molecule has 1 fully saturated rings. The number of ether oxygens (including phenoxy) is 1. The standard InChI is InChI=1S/C14H15Cl2NO4/c15-10-1-2-12(16)9(5-10)6-13(18)17-3-4-21-11(8-17)7-14(19)20/h1-2,5,11H,3-4,6-8H2,(H,19,20). The summed E-state index contributed by atoms with van der Waals surface area (Å²) in [6.45, 7) is 1.07. The zero-order valence-electron chi connectivity index (χ0n) is 11.2. The first-order valence-electron chi connectivity index (χ1n) is 6.51. The fraction of sp³-hybridized carbons (Fsp3) is 0.429. The van der Waals surface area contributed by atoms with E-state index in [1.54, 1.807) is 23.1 Å². The summed E-state index contributed by atoms with van der Waals surface area (Å²) < 4.78 is 5.34. The molecule has 1 aromatic rings. The number of carbonyl (C=O) groups excluding carboxylic acids is 1. The summed E-state index contributed by atoms with van der Waals surface area (Å²) in [7, 11) is 0. The van der Waals surface area contributed by atoms with E-state index in [9.17, 15) is 9.59 Å². The van der Waals surface area contributed by atoms with E-state index in [4.69, 9.17) is 33.0 Å². The molecule has 1 atom stereocenters. The molecule has 2 rings (SSSR count). The van der Waals surface area contributed by atoms with Gasteiger partial charge in [0.1, 0.15) is 0 Å². The average Bonchev–Trinajstić information content (AvgIpc) is 2.42. The molecule has 0 radical (unpaired) electrons. The Labute approximate surface area is 132 Å². The minimum atomic E-state index is -0.938. The first-order valence-corrected chi connectivity index (χ1v) is 7.26. The molecule has 1 saturated heterocycles. The molecule has 1 heterocycles. The number of aliphatic carboxylic acids is 1. The summed E-state index contributed by atoms with van der Waals surface area (Å²) in [5.41, 5.74) is 0.662. The van der Waals surface area contributed by atoms with Gasteiger partial charge in [-0.15, -0.1) is 0 Å². The Balaban J connectivity index is 1.99. The first kappa shape index (κ1) is 16.1. The topological polar surface area (TPSA) is 66.8 Å². The lowest BCUT2D eigenvalue weighted by Crippen LogP contribution is -2.46. The van der Waals surface area contributed by atoms with Gasteiger partial charge in [0, 0.05) is 23.1 Å². The van der Waals surface area contributed by atoms with Crippen LogP contribution in [-0.2, 0) is 20.7 Å². The Bertz CT molecular complexity index is 550. The van der Waals surface area contributed by atoms with Gasteiger partial charge in [0.25, 0.3) is 0 Å². The molecule has 0 bridgehead atoms. The molecule has 0 aromatic heterocycles. The normalized spacial score (nSPS) is 18.6. The van der Waals surface area contributed by atoms with Gasteiger partial charge in [0.15, 0.2) is 0 Å². The van der Waals surface area contributed by atoms with Crippen molar-refractivity contribution in [2.45, 2.75) is 18.9 Å². The quantitative estimate of drug-likeness (QED) is 0.918. The Morgan fingerprint density at radius 3 is 2.86 bits per heavy atom. The summed E-state index contributed by atoms with van der Waals surface area (Å²) in [5.74, 6) is -1.05. The summed E-state index contributed by atoms with van der Waals surface area (Å²) in [5, 5.41) is 9.79. The lowest BCUT2D eigenvalue weighted by Gasteiger charge is -2.32. The van der Waals surface area contributed by atoms with Gasteiger partial charge in [-0.3, -0.25) is 9.59 Å². The second kappa shape index (κ2) is 7.11. The number of halogens is 2. The number of carbonyl (C=O) groups is 2. The highest BCUT2D eigenvalue weighted by Crippen LogP contribution is 2.22. The van der Waals surface area contributed by atoms with Crippen LogP contribution in [0.2, 0.25) is 10.0 Å². The summed E-state index contributed by atoms with van der Waals surface area (Å²) >= 11 is 11.9. The molecular weight excluding hydrogens is 317 g/mol. The van der Waals surface area contributed by atoms with Crippen LogP contribution < -0.4 is 0 Å². The van der Waals surface area contributed by atoms with Crippen molar-refractivity contribution in [1.82, 2.24) is 4.90 Å². The van der Waals surface area contributed by atoms with Crippen molar-refractivity contribution in [2.24, 2.45) is 0 Å². The minimum absolute atomic E-state index is 0.109. The van der Waals surface area contributed by atoms with E-state index in [1.807, 2.05) is 0 Å². The second-order valence-corrected chi connectivity index (χ2v) is 5.69. The molecule has 1 aliphatic heterocycles. The Hall–Kier alpha value is -1.30. The van der Waals surface area contributed by atoms with E-state index in [1.165, 1.54) is 0 Å². The molecule has 21 heavy (non-hydrogen) atoms. The van der Waals surface area contributed by atoms with Crippen molar-refractivity contribution in [2.75, 3.05) is 19.7 Å². The molecule has 1 aromatic carbocycles. The predicted molar refractivity (Wildman–Crippen MR) is 78.7 cm³/mol. The number of amides is 1. The highest BCUT2D eigenvalue weighted by molar-refractivity contribution is 6.33. The molecule has 1 unspecified atom stereocenters. The number of nitrogens with zero attached hydrogens (tertiary/aromatic N) is 1. The molecule has 0 saturated carbocycles. The maximum atomic E-state index is 12.3. The van der Waals surface area contributed by atoms with E-state index >= 15 is 0 Å². The molecule has 1 aliphatic rings. The number of hydrogen-bond donors (Lipinski definition) is 1. The molecule has 7 heteroatoms. The third kappa shape index (κ3) is 4.59. The van der Waals surface area contributed by atoms with Crippen molar-refractivity contribution in [3.63, 3.8) is 0 Å². The zero-order valence-corrected chi connectivity index (χ0v) is 12.7. The third-order valence-electron chi connectivity index (χ3n) is 3.24. The number of hydrogen-bond acceptors (Lipinski definition) is 3. The third-order valence-corrected chi connectivity index (χ3v) is 3.85. The Morgan fingerprint density at radius 2 is 2.14 bits per heavy atom. The van der Waals surface area contributed by atoms with Crippen molar-refractivity contribution in [3.8, 4) is 0 Å². The fourth-order valence-corrected chi connectivity index (χ4v) is 2.60. The van der Waals surface area contributed by atoms with Crippen LogP contribution in [0.3, 0.4) is 0 Å². The Kier molecular flexibility index (Phi) is 5.45. The molecule has 1 amide bonds. The number of carboxylic acid groups (broad SMARTS) is 1. The van der Waals surface area contributed by atoms with Crippen molar-refractivity contribution in [1.29, 1.82) is 0 Å². The fourth-order valence-electron chi connectivity index (χ4n) is 2.22. The van der Waals surface area contributed by atoms with Gasteiger partial charge in [-0.1, -0.05) is 23.2 Å². The van der Waals surface area contributed by atoms with Crippen LogP contribution in [0.4, 0.5) is 0 Å². The number of morpholine rings is 1. The predicted octanol–water partition coefficient (Wildman–Crippen LogP) is 2.24. The second-order valence-electron chi connectivity index (χ2n) is 4.84. The smallest absolute Gasteiger partial charge is 0.306 e. The van der Waals surface area contributed by atoms with Crippen LogP contribution in [0.15, 0.2) is 18.2 Å². The lowest BCUT2D eigenvalue weighted by atomic mass is 10.1. The molecular formula is C14H15Cl2NO4. The zero-order chi connectivity index (χ0) is 15.4. The van der Waals surface area contributed by atoms with Crippen LogP contribution in [0.25, 0.3) is 0 Å². The summed E-state index contributed by atoms with van der Waals surface area (Å²) in [6.07, 6.45) is -0.434. The van der Waals surface area contributed by atoms with Crippen LogP contribution in [0.1, 0.15) is 12.0 Å². The lowest BCUT2D eigenvalue weighted by molar-refractivity contribution is -0.147. The molecule has 0 spiro atoms. The highest BCUT2D eigenvalue weighted by atomic mass is 35.5. The van der Waals surface area contributed by atoms with Gasteiger partial charge in [-0.25, -0.2) is 0 Å². The van der Waals surface area contributed by atoms with Crippen LogP contribution >= 0.6 is 23.2 Å². The summed E-state index contributed by atoms with van der Waals surface area (Å²) in [4.78, 5) is 24.6. The van der Waals surface area contributed by atoms with Crippen LogP contribution in [0.5, 0.6) is 0 Å². The van der Waals surface area contributed by atoms with Crippen molar-refractivity contribution < 1.29 is 19.4 Å². The maximum Gasteiger partial charge on any atom is 0.306 e. The van der Waals surface area contributed by atoms with Gasteiger partial charge in [0.2, 0.25) is 5.91 Å². The van der Waals surface area contributed by atoms with Crippen molar-refractivity contribution >= 4 is 35.1 Å². The monoisotopic (exact) mass is 331 g/mol. The maximum absolute atomic E-state index is 12.3. The number of carboxylic acids is 1. The first-order chi connectivity index (χ1) is 9.95. The largest absolute Gasteiger partial charge is 0.481 e. The van der Waals surface area contributed by atoms with E-state index < -0.39 is 12.1 Å². The number of benzene rings is 1. The molecule has 5 nitrogen and oxygen atoms in total. The Morgan fingerprint density at radius 1 is 1.38 bits per heavy atom. The van der Waals surface area contributed by atoms with Gasteiger partial charge >= 0.3 is 5.97 Å². The molecule has 0 aliphatic carbocycles. The van der Waals surface area contributed by atoms with E-state index in [0.717, 1.165) is 0 Å². The number of rotatable bonds is 4. The average molecular weight is 332 g/mol. The minimum Gasteiger partial charge on any atom is -0.481 e. The van der Waals surface area contributed by atoms with Gasteiger partial charge < -0.3 is 14.7 Å².